The van der Waals surface area contributed by atoms with Gasteiger partial charge in [0.15, 0.2) is 0 Å². The molecule has 130 valence electrons. The van der Waals surface area contributed by atoms with E-state index in [2.05, 4.69) is 4.74 Å². The van der Waals surface area contributed by atoms with Gasteiger partial charge in [0.05, 0.1) is 0 Å². The zero-order valence-corrected chi connectivity index (χ0v) is 13.2. The smallest absolute Gasteiger partial charge is 0.429 e. The van der Waals surface area contributed by atoms with E-state index < -0.39 is 44.9 Å². The van der Waals surface area contributed by atoms with Crippen molar-refractivity contribution in [3.05, 3.63) is 28.8 Å². The summed E-state index contributed by atoms with van der Waals surface area (Å²) < 4.78 is 73.7. The first-order valence-corrected chi connectivity index (χ1v) is 7.82. The normalized spacial score (nSPS) is 15.1. The van der Waals surface area contributed by atoms with Crippen LogP contribution in [-0.2, 0) is 14.9 Å². The molecule has 6 nitrogen and oxygen atoms in total. The van der Waals surface area contributed by atoms with Gasteiger partial charge in [0.1, 0.15) is 17.1 Å². The van der Waals surface area contributed by atoms with Crippen LogP contribution >= 0.6 is 0 Å². The van der Waals surface area contributed by atoms with Crippen molar-refractivity contribution in [2.24, 2.45) is 0 Å². The first kappa shape index (κ1) is 19.2. The molecule has 1 aromatic rings. The summed E-state index contributed by atoms with van der Waals surface area (Å²) in [5.41, 5.74) is -3.29. The molecule has 1 unspecified atom stereocenters. The lowest BCUT2D eigenvalue weighted by Gasteiger charge is -2.30. The fourth-order valence-electron chi connectivity index (χ4n) is 1.89. The Balaban J connectivity index is 3.28. The van der Waals surface area contributed by atoms with Crippen molar-refractivity contribution in [2.45, 2.75) is 32.5 Å². The van der Waals surface area contributed by atoms with Gasteiger partial charge in [-0.1, -0.05) is 6.07 Å². The summed E-state index contributed by atoms with van der Waals surface area (Å²) in [5.74, 6) is -3.99. The van der Waals surface area contributed by atoms with E-state index in [4.69, 9.17) is 4.55 Å². The quantitative estimate of drug-likeness (QED) is 0.634. The Kier molecular flexibility index (Phi) is 5.02. The first-order valence-electron chi connectivity index (χ1n) is 6.22. The zero-order valence-electron chi connectivity index (χ0n) is 12.4. The summed E-state index contributed by atoms with van der Waals surface area (Å²) in [6.07, 6.45) is -5.26. The van der Waals surface area contributed by atoms with Crippen LogP contribution in [-0.4, -0.2) is 41.6 Å². The number of aryl methyl sites for hydroxylation is 2. The third-order valence-corrected chi connectivity index (χ3v) is 3.96. The Bertz CT molecular complexity index is 726. The molecule has 0 aromatic heterocycles. The largest absolute Gasteiger partial charge is 0.507 e. The molecule has 1 aromatic carbocycles. The number of ether oxygens (including phenoxy) is 1. The van der Waals surface area contributed by atoms with Crippen LogP contribution in [0.1, 0.15) is 28.4 Å². The van der Waals surface area contributed by atoms with Gasteiger partial charge in [0.25, 0.3) is 10.1 Å². The minimum absolute atomic E-state index is 0.237. The van der Waals surface area contributed by atoms with Crippen LogP contribution in [0.25, 0.3) is 0 Å². The second-order valence-electron chi connectivity index (χ2n) is 5.32. The number of esters is 1. The number of phenols is 1. The summed E-state index contributed by atoms with van der Waals surface area (Å²) in [6.45, 7) is 3.29. The summed E-state index contributed by atoms with van der Waals surface area (Å²) in [7, 11) is -5.08. The maximum atomic E-state index is 13.1. The molecule has 0 saturated carbocycles. The highest BCUT2D eigenvalue weighted by Crippen LogP contribution is 2.36. The SMILES string of the molecule is Cc1cc(C)c(O)c(C(=O)OC(C)(CS(=O)(=O)O)C(F)(F)F)c1. The van der Waals surface area contributed by atoms with Gasteiger partial charge < -0.3 is 9.84 Å². The molecular formula is C13H15F3O6S. The predicted molar refractivity (Wildman–Crippen MR) is 73.9 cm³/mol. The molecular weight excluding hydrogens is 341 g/mol. The van der Waals surface area contributed by atoms with Gasteiger partial charge in [0.2, 0.25) is 5.60 Å². The van der Waals surface area contributed by atoms with Gasteiger partial charge in [-0.15, -0.1) is 0 Å². The second-order valence-corrected chi connectivity index (χ2v) is 6.77. The summed E-state index contributed by atoms with van der Waals surface area (Å²) in [5, 5.41) is 9.77. The number of rotatable bonds is 4. The molecule has 10 heteroatoms. The lowest BCUT2D eigenvalue weighted by molar-refractivity contribution is -0.243. The van der Waals surface area contributed by atoms with Crippen LogP contribution in [0.15, 0.2) is 12.1 Å². The first-order chi connectivity index (χ1) is 10.2. The highest BCUT2D eigenvalue weighted by atomic mass is 32.2. The maximum absolute atomic E-state index is 13.1. The highest BCUT2D eigenvalue weighted by molar-refractivity contribution is 7.85. The molecule has 0 spiro atoms. The van der Waals surface area contributed by atoms with Gasteiger partial charge in [-0.2, -0.15) is 21.6 Å². The van der Waals surface area contributed by atoms with Crippen molar-refractivity contribution in [3.8, 4) is 5.75 Å². The van der Waals surface area contributed by atoms with Gasteiger partial charge >= 0.3 is 12.1 Å². The van der Waals surface area contributed by atoms with E-state index >= 15 is 0 Å². The topological polar surface area (TPSA) is 101 Å². The van der Waals surface area contributed by atoms with Crippen LogP contribution < -0.4 is 0 Å². The second kappa shape index (κ2) is 6.00. The van der Waals surface area contributed by atoms with E-state index in [0.717, 1.165) is 6.07 Å². The number of carbonyl (C=O) groups excluding carboxylic acids is 1. The van der Waals surface area contributed by atoms with Crippen LogP contribution in [0, 0.1) is 13.8 Å². The van der Waals surface area contributed by atoms with Crippen LogP contribution in [0.4, 0.5) is 13.2 Å². The number of hydrogen-bond acceptors (Lipinski definition) is 5. The van der Waals surface area contributed by atoms with Crippen molar-refractivity contribution in [3.63, 3.8) is 0 Å². The number of hydrogen-bond donors (Lipinski definition) is 2. The third kappa shape index (κ3) is 4.58. The number of halogens is 3. The van der Waals surface area contributed by atoms with Crippen LogP contribution in [0.2, 0.25) is 0 Å². The average molecular weight is 356 g/mol. The Morgan fingerprint density at radius 2 is 1.78 bits per heavy atom. The van der Waals surface area contributed by atoms with Crippen LogP contribution in [0.5, 0.6) is 5.75 Å². The van der Waals surface area contributed by atoms with E-state index in [1.165, 1.54) is 13.0 Å². The zero-order chi connectivity index (χ0) is 18.2. The molecule has 0 amide bonds. The summed E-state index contributed by atoms with van der Waals surface area (Å²) in [4.78, 5) is 12.0. The molecule has 0 bridgehead atoms. The molecule has 23 heavy (non-hydrogen) atoms. The summed E-state index contributed by atoms with van der Waals surface area (Å²) >= 11 is 0. The minimum Gasteiger partial charge on any atom is -0.507 e. The van der Waals surface area contributed by atoms with Crippen molar-refractivity contribution >= 4 is 16.1 Å². The van der Waals surface area contributed by atoms with Crippen molar-refractivity contribution in [1.29, 1.82) is 0 Å². The molecule has 0 aliphatic rings. The van der Waals surface area contributed by atoms with E-state index in [-0.39, 0.29) is 5.56 Å². The predicted octanol–water partition coefficient (Wildman–Crippen LogP) is 2.37. The Hall–Kier alpha value is -1.81. The fourth-order valence-corrected chi connectivity index (χ4v) is 2.81. The molecule has 0 saturated heterocycles. The lowest BCUT2D eigenvalue weighted by atomic mass is 10.0. The highest BCUT2D eigenvalue weighted by Gasteiger charge is 2.57. The average Bonchev–Trinajstić information content (AvgIpc) is 2.29. The monoisotopic (exact) mass is 356 g/mol. The Morgan fingerprint density at radius 3 is 2.22 bits per heavy atom. The molecule has 2 N–H and O–H groups in total. The standard InChI is InChI=1S/C13H15F3O6S/c1-7-4-8(2)10(17)9(5-7)11(18)22-12(3,13(14,15)16)6-23(19,20)21/h4-5,17H,6H2,1-3H3,(H,19,20,21). The lowest BCUT2D eigenvalue weighted by Crippen LogP contribution is -2.51. The third-order valence-electron chi connectivity index (χ3n) is 3.04. The van der Waals surface area contributed by atoms with E-state index in [1.54, 1.807) is 6.92 Å². The number of benzene rings is 1. The van der Waals surface area contributed by atoms with Gasteiger partial charge in [0, 0.05) is 0 Å². The maximum Gasteiger partial charge on any atom is 0.429 e. The number of aromatic hydroxyl groups is 1. The van der Waals surface area contributed by atoms with Gasteiger partial charge in [-0.05, 0) is 38.0 Å². The molecule has 0 radical (unpaired) electrons. The molecule has 0 fully saturated rings. The van der Waals surface area contributed by atoms with Crippen LogP contribution in [0.3, 0.4) is 0 Å². The molecule has 0 aliphatic carbocycles. The number of phenolic OH excluding ortho intramolecular Hbond substituents is 1. The Labute approximate surface area is 130 Å². The molecule has 1 atom stereocenters. The van der Waals surface area contributed by atoms with Crippen molar-refractivity contribution in [2.75, 3.05) is 5.75 Å². The minimum atomic E-state index is -5.26. The van der Waals surface area contributed by atoms with E-state index in [1.807, 2.05) is 0 Å². The van der Waals surface area contributed by atoms with Crippen molar-refractivity contribution < 1.29 is 40.8 Å². The number of alkyl halides is 3. The van der Waals surface area contributed by atoms with E-state index in [9.17, 15) is 31.5 Å². The Morgan fingerprint density at radius 1 is 1.26 bits per heavy atom. The van der Waals surface area contributed by atoms with E-state index in [0.29, 0.717) is 12.5 Å². The number of carbonyl (C=O) groups is 1. The van der Waals surface area contributed by atoms with Gasteiger partial charge in [-0.25, -0.2) is 4.79 Å². The van der Waals surface area contributed by atoms with Gasteiger partial charge in [-0.3, -0.25) is 4.55 Å². The van der Waals surface area contributed by atoms with Crippen molar-refractivity contribution in [1.82, 2.24) is 0 Å². The molecule has 0 aliphatic heterocycles. The fraction of sp³-hybridized carbons (Fsp3) is 0.462. The molecule has 1 rings (SSSR count). The molecule has 0 heterocycles. The summed E-state index contributed by atoms with van der Waals surface area (Å²) in [6, 6.07) is 2.60.